The molecule has 0 aliphatic carbocycles. The number of unbranched alkanes of at least 4 members (excludes halogenated alkanes) is 1. The van der Waals surface area contributed by atoms with Crippen LogP contribution in [0.15, 0.2) is 12.7 Å². The van der Waals surface area contributed by atoms with Gasteiger partial charge in [-0.15, -0.1) is 0 Å². The Hall–Kier alpha value is -0.790. The topological polar surface area (TPSA) is 26.3 Å². The van der Waals surface area contributed by atoms with Gasteiger partial charge in [0, 0.05) is 6.08 Å². The molecule has 0 saturated carbocycles. The zero-order valence-electron chi connectivity index (χ0n) is 5.72. The zero-order chi connectivity index (χ0) is 7.11. The van der Waals surface area contributed by atoms with Crippen LogP contribution in [0.2, 0.25) is 0 Å². The van der Waals surface area contributed by atoms with Crippen LogP contribution in [-0.2, 0) is 9.53 Å². The average molecular weight is 129 g/mol. The molecule has 0 saturated heterocycles. The summed E-state index contributed by atoms with van der Waals surface area (Å²) in [5.74, 6) is -0.330. The van der Waals surface area contributed by atoms with E-state index in [0.29, 0.717) is 6.61 Å². The van der Waals surface area contributed by atoms with E-state index < -0.39 is 0 Å². The number of hydrogen-bond donors (Lipinski definition) is 0. The van der Waals surface area contributed by atoms with Gasteiger partial charge in [-0.1, -0.05) is 19.9 Å². The molecular formula is C7H12O2. The van der Waals surface area contributed by atoms with Gasteiger partial charge in [0.15, 0.2) is 0 Å². The molecule has 2 heteroatoms. The molecule has 0 rings (SSSR count). The quantitative estimate of drug-likeness (QED) is 0.249. The van der Waals surface area contributed by atoms with Gasteiger partial charge < -0.3 is 4.74 Å². The van der Waals surface area contributed by atoms with Crippen molar-refractivity contribution in [3.63, 3.8) is 0 Å². The van der Waals surface area contributed by atoms with E-state index in [1.54, 1.807) is 0 Å². The third-order valence-electron chi connectivity index (χ3n) is 0.909. The molecule has 0 aromatic carbocycles. The Kier molecular flexibility index (Phi) is 4.88. The van der Waals surface area contributed by atoms with E-state index in [1.165, 1.54) is 6.08 Å². The SMILES string of the molecule is C=[13CH]C(=O)OCCCC. The first-order valence-electron chi connectivity index (χ1n) is 3.10. The second-order valence-corrected chi connectivity index (χ2v) is 1.73. The molecule has 52 valence electrons. The molecule has 0 aromatic rings. The maximum Gasteiger partial charge on any atom is 0.330 e. The third-order valence-corrected chi connectivity index (χ3v) is 0.909. The van der Waals surface area contributed by atoms with E-state index >= 15 is 0 Å². The maximum atomic E-state index is 10.3. The van der Waals surface area contributed by atoms with Crippen LogP contribution in [-0.4, -0.2) is 12.6 Å². The molecule has 0 aliphatic heterocycles. The molecule has 0 bridgehead atoms. The Morgan fingerprint density at radius 3 is 2.89 bits per heavy atom. The minimum Gasteiger partial charge on any atom is -0.463 e. The molecule has 0 N–H and O–H groups in total. The van der Waals surface area contributed by atoms with Crippen molar-refractivity contribution >= 4 is 5.97 Å². The van der Waals surface area contributed by atoms with Gasteiger partial charge in [0.1, 0.15) is 0 Å². The van der Waals surface area contributed by atoms with Crippen LogP contribution in [0, 0.1) is 0 Å². The van der Waals surface area contributed by atoms with Crippen molar-refractivity contribution in [3.8, 4) is 0 Å². The highest BCUT2D eigenvalue weighted by atomic mass is 16.5. The van der Waals surface area contributed by atoms with E-state index in [2.05, 4.69) is 11.3 Å². The van der Waals surface area contributed by atoms with Crippen molar-refractivity contribution in [2.45, 2.75) is 19.8 Å². The predicted octanol–water partition coefficient (Wildman–Crippen LogP) is 1.52. The van der Waals surface area contributed by atoms with E-state index in [-0.39, 0.29) is 5.97 Å². The molecule has 0 spiro atoms. The van der Waals surface area contributed by atoms with Gasteiger partial charge in [-0.3, -0.25) is 0 Å². The zero-order valence-corrected chi connectivity index (χ0v) is 5.72. The van der Waals surface area contributed by atoms with Gasteiger partial charge >= 0.3 is 5.97 Å². The fourth-order valence-corrected chi connectivity index (χ4v) is 0.376. The summed E-state index contributed by atoms with van der Waals surface area (Å²) in [6, 6.07) is 0. The highest BCUT2D eigenvalue weighted by Gasteiger charge is 1.91. The fraction of sp³-hybridized carbons (Fsp3) is 0.571. The van der Waals surface area contributed by atoms with Gasteiger partial charge in [0.2, 0.25) is 0 Å². The average Bonchev–Trinajstić information content (AvgIpc) is 1.89. The van der Waals surface area contributed by atoms with Crippen LogP contribution in [0.4, 0.5) is 0 Å². The van der Waals surface area contributed by atoms with Crippen molar-refractivity contribution in [2.24, 2.45) is 0 Å². The molecule has 0 radical (unpaired) electrons. The summed E-state index contributed by atoms with van der Waals surface area (Å²) in [4.78, 5) is 10.3. The number of rotatable bonds is 4. The van der Waals surface area contributed by atoms with Crippen molar-refractivity contribution in [1.29, 1.82) is 0 Å². The molecular weight excluding hydrogens is 117 g/mol. The Labute approximate surface area is 55.5 Å². The molecule has 0 fully saturated rings. The highest BCUT2D eigenvalue weighted by molar-refractivity contribution is 5.81. The summed E-state index contributed by atoms with van der Waals surface area (Å²) in [5, 5.41) is 0. The lowest BCUT2D eigenvalue weighted by molar-refractivity contribution is -0.137. The molecule has 0 atom stereocenters. The standard InChI is InChI=1S/C7H12O2/c1-3-5-6-9-7(8)4-2/h4H,2-3,5-6H2,1H3/i4+1. The molecule has 0 unspecified atom stereocenters. The summed E-state index contributed by atoms with van der Waals surface area (Å²) in [6.45, 7) is 5.82. The van der Waals surface area contributed by atoms with Gasteiger partial charge in [-0.05, 0) is 6.42 Å². The van der Waals surface area contributed by atoms with Crippen molar-refractivity contribution in [1.82, 2.24) is 0 Å². The Morgan fingerprint density at radius 2 is 2.44 bits per heavy atom. The van der Waals surface area contributed by atoms with Gasteiger partial charge in [-0.2, -0.15) is 0 Å². The van der Waals surface area contributed by atoms with Crippen LogP contribution >= 0.6 is 0 Å². The Balaban J connectivity index is 3.07. The normalized spacial score (nSPS) is 8.56. The molecule has 0 aliphatic rings. The summed E-state index contributed by atoms with van der Waals surface area (Å²) < 4.78 is 4.67. The number of ether oxygens (including phenoxy) is 1. The molecule has 9 heavy (non-hydrogen) atoms. The van der Waals surface area contributed by atoms with Crippen LogP contribution in [0.5, 0.6) is 0 Å². The van der Waals surface area contributed by atoms with Crippen LogP contribution < -0.4 is 0 Å². The summed E-state index contributed by atoms with van der Waals surface area (Å²) in [7, 11) is 0. The first kappa shape index (κ1) is 8.21. The number of carbonyl (C=O) groups is 1. The molecule has 0 aromatic heterocycles. The molecule has 0 heterocycles. The summed E-state index contributed by atoms with van der Waals surface area (Å²) in [6.07, 6.45) is 3.15. The summed E-state index contributed by atoms with van der Waals surface area (Å²) in [5.41, 5.74) is 0. The van der Waals surface area contributed by atoms with Crippen molar-refractivity contribution in [3.05, 3.63) is 12.7 Å². The second kappa shape index (κ2) is 5.35. The number of carbonyl (C=O) groups excluding carboxylic acids is 1. The first-order valence-corrected chi connectivity index (χ1v) is 3.10. The van der Waals surface area contributed by atoms with Crippen LogP contribution in [0.1, 0.15) is 19.8 Å². The van der Waals surface area contributed by atoms with E-state index in [1.807, 2.05) is 6.92 Å². The number of esters is 1. The lowest BCUT2D eigenvalue weighted by Gasteiger charge is -1.97. The van der Waals surface area contributed by atoms with Crippen molar-refractivity contribution in [2.75, 3.05) is 6.61 Å². The van der Waals surface area contributed by atoms with Crippen LogP contribution in [0.25, 0.3) is 0 Å². The predicted molar refractivity (Wildman–Crippen MR) is 36.1 cm³/mol. The van der Waals surface area contributed by atoms with Crippen LogP contribution in [0.3, 0.4) is 0 Å². The molecule has 2 nitrogen and oxygen atoms in total. The van der Waals surface area contributed by atoms with Gasteiger partial charge in [0.05, 0.1) is 6.61 Å². The lowest BCUT2D eigenvalue weighted by Crippen LogP contribution is -2.00. The smallest absolute Gasteiger partial charge is 0.330 e. The fourth-order valence-electron chi connectivity index (χ4n) is 0.376. The third kappa shape index (κ3) is 5.07. The maximum absolute atomic E-state index is 10.3. The number of hydrogen-bond acceptors (Lipinski definition) is 2. The lowest BCUT2D eigenvalue weighted by atomic mass is 10.4. The van der Waals surface area contributed by atoms with E-state index in [9.17, 15) is 4.79 Å². The largest absolute Gasteiger partial charge is 0.463 e. The monoisotopic (exact) mass is 129 g/mol. The minimum atomic E-state index is -0.330. The highest BCUT2D eigenvalue weighted by Crippen LogP contribution is 1.88. The first-order chi connectivity index (χ1) is 4.31. The van der Waals surface area contributed by atoms with E-state index in [0.717, 1.165) is 12.8 Å². The second-order valence-electron chi connectivity index (χ2n) is 1.73. The van der Waals surface area contributed by atoms with E-state index in [4.69, 9.17) is 0 Å². The van der Waals surface area contributed by atoms with Gasteiger partial charge in [0.25, 0.3) is 0 Å². The van der Waals surface area contributed by atoms with Crippen molar-refractivity contribution < 1.29 is 9.53 Å². The summed E-state index contributed by atoms with van der Waals surface area (Å²) >= 11 is 0. The Bertz CT molecular complexity index is 97.1. The minimum absolute atomic E-state index is 0.330. The van der Waals surface area contributed by atoms with Gasteiger partial charge in [-0.25, -0.2) is 4.79 Å². The Morgan fingerprint density at radius 1 is 1.78 bits per heavy atom. The molecule has 0 amide bonds.